The summed E-state index contributed by atoms with van der Waals surface area (Å²) in [5.74, 6) is 1.75. The van der Waals surface area contributed by atoms with Gasteiger partial charge in [0.25, 0.3) is 0 Å². The van der Waals surface area contributed by atoms with E-state index < -0.39 is 0 Å². The largest absolute Gasteiger partial charge is 0.253 e. The minimum absolute atomic E-state index is 0.809. The molecule has 24 heavy (non-hydrogen) atoms. The Morgan fingerprint density at radius 2 is 1.88 bits per heavy atom. The summed E-state index contributed by atoms with van der Waals surface area (Å²) in [6.45, 7) is 1.97. The second-order valence-corrected chi connectivity index (χ2v) is 5.57. The van der Waals surface area contributed by atoms with Crippen LogP contribution >= 0.6 is 11.8 Å². The molecule has 0 aliphatic heterocycles. The number of benzene rings is 1. The molecule has 0 saturated carbocycles. The molecular formula is C16H20ClN7. The van der Waals surface area contributed by atoms with Crippen molar-refractivity contribution in [1.29, 1.82) is 5.53 Å². The third-order valence-electron chi connectivity index (χ3n) is 3.86. The van der Waals surface area contributed by atoms with Crippen LogP contribution in [0.5, 0.6) is 0 Å². The van der Waals surface area contributed by atoms with Crippen LogP contribution in [0.3, 0.4) is 0 Å². The van der Waals surface area contributed by atoms with Crippen LogP contribution in [0.25, 0.3) is 17.0 Å². The van der Waals surface area contributed by atoms with Crippen molar-refractivity contribution in [2.24, 2.45) is 22.1 Å². The summed E-state index contributed by atoms with van der Waals surface area (Å²) in [5, 5.41) is 9.50. The number of nitrogens with zero attached hydrogens (tertiary/aromatic N) is 6. The number of halogens is 1. The monoisotopic (exact) mass is 345 g/mol. The summed E-state index contributed by atoms with van der Waals surface area (Å²) in [6.07, 6.45) is 7.45. The van der Waals surface area contributed by atoms with Crippen LogP contribution in [0.2, 0.25) is 0 Å². The van der Waals surface area contributed by atoms with Crippen LogP contribution in [-0.4, -0.2) is 14.8 Å². The minimum atomic E-state index is 0.809. The minimum Gasteiger partial charge on any atom is -0.253 e. The lowest BCUT2D eigenvalue weighted by Crippen LogP contribution is -1.93. The van der Waals surface area contributed by atoms with Gasteiger partial charge >= 0.3 is 0 Å². The Labute approximate surface area is 146 Å². The van der Waals surface area contributed by atoms with Crippen LogP contribution in [0.4, 0.5) is 0 Å². The number of hydrogen-bond acceptors (Lipinski definition) is 4. The van der Waals surface area contributed by atoms with Gasteiger partial charge in [-0.3, -0.25) is 4.68 Å². The summed E-state index contributed by atoms with van der Waals surface area (Å²) in [7, 11) is 1.92. The average molecular weight is 346 g/mol. The number of aryl methyl sites for hydroxylation is 2. The number of hydrogen-bond donors (Lipinski definition) is 1. The topological polar surface area (TPSA) is 91.6 Å². The second-order valence-electron chi connectivity index (χ2n) is 5.42. The maximum atomic E-state index is 5.88. The van der Waals surface area contributed by atoms with Crippen molar-refractivity contribution in [2.45, 2.75) is 32.6 Å². The fourth-order valence-electron chi connectivity index (χ4n) is 2.54. The standard InChI is InChI=1S/C16H19N3.ClHN4/c1-12-17-16(18-19(12)2)15-10-8-14(9-11-15)13-6-4-3-5-7-13;1-3-5-4-2/h6,8-11H,3-5,7H2,1-2H3;2H. The molecule has 3 rings (SSSR count). The Bertz CT molecular complexity index is 712. The molecule has 1 aliphatic rings. The Kier molecular flexibility index (Phi) is 6.74. The zero-order valence-electron chi connectivity index (χ0n) is 13.8. The molecule has 2 aromatic rings. The van der Waals surface area contributed by atoms with Crippen molar-refractivity contribution in [2.75, 3.05) is 0 Å². The highest BCUT2D eigenvalue weighted by Gasteiger charge is 2.09. The van der Waals surface area contributed by atoms with Gasteiger partial charge in [-0.15, -0.1) is 0 Å². The van der Waals surface area contributed by atoms with Gasteiger partial charge in [0.2, 0.25) is 0 Å². The quantitative estimate of drug-likeness (QED) is 0.604. The molecule has 1 N–H and O–H groups in total. The van der Waals surface area contributed by atoms with Crippen molar-refractivity contribution in [3.63, 3.8) is 0 Å². The molecule has 1 heterocycles. The van der Waals surface area contributed by atoms with Crippen molar-refractivity contribution < 1.29 is 0 Å². The van der Waals surface area contributed by atoms with Crippen molar-refractivity contribution >= 4 is 17.3 Å². The molecule has 0 unspecified atom stereocenters. The third kappa shape index (κ3) is 4.79. The van der Waals surface area contributed by atoms with E-state index in [4.69, 9.17) is 5.53 Å². The van der Waals surface area contributed by atoms with E-state index in [2.05, 4.69) is 67.3 Å². The third-order valence-corrected chi connectivity index (χ3v) is 3.93. The number of rotatable bonds is 3. The van der Waals surface area contributed by atoms with Crippen LogP contribution in [0, 0.1) is 12.5 Å². The van der Waals surface area contributed by atoms with E-state index in [-0.39, 0.29) is 0 Å². The van der Waals surface area contributed by atoms with Crippen LogP contribution in [-0.2, 0) is 7.05 Å². The smallest absolute Gasteiger partial charge is 0.181 e. The number of allylic oxidation sites excluding steroid dienone is 2. The molecule has 126 valence electrons. The van der Waals surface area contributed by atoms with E-state index in [1.54, 1.807) is 0 Å². The molecule has 0 saturated heterocycles. The number of nitrogens with one attached hydrogen (secondary N) is 1. The second kappa shape index (κ2) is 9.02. The van der Waals surface area contributed by atoms with Gasteiger partial charge in [0.15, 0.2) is 5.82 Å². The summed E-state index contributed by atoms with van der Waals surface area (Å²) >= 11 is 4.55. The van der Waals surface area contributed by atoms with Crippen LogP contribution in [0.15, 0.2) is 45.4 Å². The van der Waals surface area contributed by atoms with Crippen LogP contribution in [0.1, 0.15) is 37.1 Å². The van der Waals surface area contributed by atoms with Gasteiger partial charge in [0.1, 0.15) is 5.82 Å². The maximum Gasteiger partial charge on any atom is 0.181 e. The van der Waals surface area contributed by atoms with Gasteiger partial charge in [-0.2, -0.15) is 10.6 Å². The van der Waals surface area contributed by atoms with Gasteiger partial charge in [0, 0.05) is 12.6 Å². The lowest BCUT2D eigenvalue weighted by Gasteiger charge is -2.12. The number of aromatic nitrogens is 3. The first-order valence-corrected chi connectivity index (χ1v) is 8.04. The van der Waals surface area contributed by atoms with Gasteiger partial charge in [-0.25, -0.2) is 4.98 Å². The molecule has 8 heteroatoms. The van der Waals surface area contributed by atoms with E-state index >= 15 is 0 Å². The zero-order chi connectivity index (χ0) is 17.4. The SMILES string of the molecule is Cc1nc(-c2ccc(C3=CCCCC3)cc2)nn1C.N=NN=NCl. The molecule has 1 aromatic carbocycles. The Morgan fingerprint density at radius 3 is 2.33 bits per heavy atom. The Morgan fingerprint density at radius 1 is 1.17 bits per heavy atom. The molecular weight excluding hydrogens is 326 g/mol. The highest BCUT2D eigenvalue weighted by molar-refractivity contribution is 6.13. The lowest BCUT2D eigenvalue weighted by molar-refractivity contribution is 0.736. The van der Waals surface area contributed by atoms with E-state index in [0.29, 0.717) is 0 Å². The molecule has 0 amide bonds. The lowest BCUT2D eigenvalue weighted by atomic mass is 9.93. The molecule has 0 fully saturated rings. The Balaban J connectivity index is 0.000000368. The zero-order valence-corrected chi connectivity index (χ0v) is 14.5. The molecule has 0 spiro atoms. The normalized spacial score (nSPS) is 14.0. The summed E-state index contributed by atoms with van der Waals surface area (Å²) < 4.78 is 4.41. The summed E-state index contributed by atoms with van der Waals surface area (Å²) in [4.78, 5) is 4.46. The predicted molar refractivity (Wildman–Crippen MR) is 93.5 cm³/mol. The predicted octanol–water partition coefficient (Wildman–Crippen LogP) is 5.29. The molecule has 0 atom stereocenters. The average Bonchev–Trinajstić information content (AvgIpc) is 2.96. The van der Waals surface area contributed by atoms with Gasteiger partial charge in [-0.1, -0.05) is 35.0 Å². The fourth-order valence-corrected chi connectivity index (χ4v) is 2.57. The molecule has 0 bridgehead atoms. The van der Waals surface area contributed by atoms with Gasteiger partial charge < -0.3 is 0 Å². The molecule has 1 aliphatic carbocycles. The van der Waals surface area contributed by atoms with E-state index in [1.165, 1.54) is 36.8 Å². The summed E-state index contributed by atoms with van der Waals surface area (Å²) in [6, 6.07) is 8.63. The fraction of sp³-hybridized carbons (Fsp3) is 0.375. The van der Waals surface area contributed by atoms with Crippen molar-refractivity contribution in [3.05, 3.63) is 41.7 Å². The van der Waals surface area contributed by atoms with E-state index in [1.807, 2.05) is 18.7 Å². The highest BCUT2D eigenvalue weighted by Crippen LogP contribution is 2.28. The van der Waals surface area contributed by atoms with E-state index in [0.717, 1.165) is 17.2 Å². The van der Waals surface area contributed by atoms with Gasteiger partial charge in [0.05, 0.1) is 11.8 Å². The van der Waals surface area contributed by atoms with Gasteiger partial charge in [-0.05, 0) is 54.2 Å². The maximum absolute atomic E-state index is 5.88. The molecule has 0 radical (unpaired) electrons. The molecule has 1 aromatic heterocycles. The Hall–Kier alpha value is -2.41. The molecule has 7 nitrogen and oxygen atoms in total. The van der Waals surface area contributed by atoms with E-state index in [9.17, 15) is 0 Å². The van der Waals surface area contributed by atoms with Crippen LogP contribution < -0.4 is 0 Å². The first-order valence-electron chi connectivity index (χ1n) is 7.71. The van der Waals surface area contributed by atoms with Crippen molar-refractivity contribution in [3.8, 4) is 11.4 Å². The first-order chi connectivity index (χ1) is 11.7. The highest BCUT2D eigenvalue weighted by atomic mass is 35.5. The summed E-state index contributed by atoms with van der Waals surface area (Å²) in [5.41, 5.74) is 9.80. The van der Waals surface area contributed by atoms with Crippen molar-refractivity contribution in [1.82, 2.24) is 14.8 Å². The first kappa shape index (κ1) is 17.9.